The van der Waals surface area contributed by atoms with E-state index in [0.29, 0.717) is 25.7 Å². The van der Waals surface area contributed by atoms with Gasteiger partial charge < -0.3 is 5.11 Å². The van der Waals surface area contributed by atoms with Crippen LogP contribution in [0.1, 0.15) is 5.56 Å². The standard InChI is InChI=1S/C16H8BrClN2O4S2/c17-12-7-9(18)5-8(14(12)21)6-13-15(22)19(16(25)26-13)10-1-3-11(4-2-10)20(23)24/h1-7,21H. The van der Waals surface area contributed by atoms with Crippen LogP contribution in [0.5, 0.6) is 5.75 Å². The molecule has 1 N–H and O–H groups in total. The van der Waals surface area contributed by atoms with E-state index in [0.717, 1.165) is 11.8 Å². The maximum atomic E-state index is 12.7. The zero-order valence-electron chi connectivity index (χ0n) is 12.7. The van der Waals surface area contributed by atoms with Crippen LogP contribution >= 0.6 is 51.5 Å². The lowest BCUT2D eigenvalue weighted by molar-refractivity contribution is -0.384. The van der Waals surface area contributed by atoms with Crippen molar-refractivity contribution in [2.45, 2.75) is 0 Å². The number of nitro benzene ring substituents is 1. The zero-order chi connectivity index (χ0) is 19.0. The Hall–Kier alpha value is -1.94. The van der Waals surface area contributed by atoms with Gasteiger partial charge in [-0.25, -0.2) is 0 Å². The largest absolute Gasteiger partial charge is 0.506 e. The van der Waals surface area contributed by atoms with Gasteiger partial charge in [0.1, 0.15) is 5.75 Å². The molecule has 1 fully saturated rings. The van der Waals surface area contributed by atoms with Crippen molar-refractivity contribution in [1.29, 1.82) is 0 Å². The number of aromatic hydroxyl groups is 1. The van der Waals surface area contributed by atoms with E-state index in [2.05, 4.69) is 15.9 Å². The van der Waals surface area contributed by atoms with Crippen molar-refractivity contribution in [1.82, 2.24) is 0 Å². The van der Waals surface area contributed by atoms with Crippen molar-refractivity contribution < 1.29 is 14.8 Å². The van der Waals surface area contributed by atoms with Gasteiger partial charge in [0.15, 0.2) is 4.32 Å². The first kappa shape index (κ1) is 18.8. The molecule has 6 nitrogen and oxygen atoms in total. The highest BCUT2D eigenvalue weighted by atomic mass is 79.9. The molecule has 0 unspecified atom stereocenters. The van der Waals surface area contributed by atoms with Crippen molar-refractivity contribution in [3.05, 3.63) is 66.5 Å². The Morgan fingerprint density at radius 1 is 1.31 bits per heavy atom. The highest BCUT2D eigenvalue weighted by molar-refractivity contribution is 9.10. The number of nitro groups is 1. The Balaban J connectivity index is 1.95. The van der Waals surface area contributed by atoms with Gasteiger partial charge in [-0.15, -0.1) is 0 Å². The van der Waals surface area contributed by atoms with Crippen LogP contribution in [-0.2, 0) is 4.79 Å². The average Bonchev–Trinajstić information content (AvgIpc) is 2.86. The lowest BCUT2D eigenvalue weighted by Gasteiger charge is -2.14. The number of thiocarbonyl (C=S) groups is 1. The fourth-order valence-corrected chi connectivity index (χ4v) is 4.37. The molecule has 0 saturated carbocycles. The third-order valence-corrected chi connectivity index (χ3v) is 5.58. The summed E-state index contributed by atoms with van der Waals surface area (Å²) in [5.74, 6) is -0.431. The van der Waals surface area contributed by atoms with Crippen molar-refractivity contribution in [3.63, 3.8) is 0 Å². The summed E-state index contributed by atoms with van der Waals surface area (Å²) < 4.78 is 0.692. The van der Waals surface area contributed by atoms with Crippen molar-refractivity contribution >= 4 is 79.2 Å². The molecule has 132 valence electrons. The third-order valence-electron chi connectivity index (χ3n) is 3.46. The summed E-state index contributed by atoms with van der Waals surface area (Å²) in [5.41, 5.74) is 0.718. The first-order chi connectivity index (χ1) is 12.3. The molecule has 0 radical (unpaired) electrons. The topological polar surface area (TPSA) is 83.7 Å². The highest BCUT2D eigenvalue weighted by Crippen LogP contribution is 2.39. The minimum absolute atomic E-state index is 0.0463. The smallest absolute Gasteiger partial charge is 0.270 e. The maximum absolute atomic E-state index is 12.7. The SMILES string of the molecule is O=C1C(=Cc2cc(Cl)cc(Br)c2O)SC(=S)N1c1ccc([N+](=O)[O-])cc1. The van der Waals surface area contributed by atoms with Crippen molar-refractivity contribution in [2.75, 3.05) is 4.90 Å². The van der Waals surface area contributed by atoms with Gasteiger partial charge in [0.05, 0.1) is 20.0 Å². The van der Waals surface area contributed by atoms with Crippen LogP contribution < -0.4 is 4.90 Å². The number of phenolic OH excluding ortho intramolecular Hbond substituents is 1. The summed E-state index contributed by atoms with van der Waals surface area (Å²) in [7, 11) is 0. The number of rotatable bonds is 3. The predicted octanol–water partition coefficient (Wildman–Crippen LogP) is 5.12. The second-order valence-electron chi connectivity index (χ2n) is 5.12. The number of carbonyl (C=O) groups excluding carboxylic acids is 1. The van der Waals surface area contributed by atoms with Gasteiger partial charge in [0, 0.05) is 22.7 Å². The fourth-order valence-electron chi connectivity index (χ4n) is 2.25. The van der Waals surface area contributed by atoms with E-state index in [4.69, 9.17) is 23.8 Å². The van der Waals surface area contributed by atoms with E-state index in [1.807, 2.05) is 0 Å². The van der Waals surface area contributed by atoms with E-state index in [-0.39, 0.29) is 21.7 Å². The second kappa shape index (κ2) is 7.36. The minimum Gasteiger partial charge on any atom is -0.506 e. The van der Waals surface area contributed by atoms with Crippen LogP contribution in [0.3, 0.4) is 0 Å². The number of hydrogen-bond acceptors (Lipinski definition) is 6. The van der Waals surface area contributed by atoms with Gasteiger partial charge in [-0.1, -0.05) is 35.6 Å². The number of non-ortho nitro benzene ring substituents is 1. The first-order valence-electron chi connectivity index (χ1n) is 6.98. The quantitative estimate of drug-likeness (QED) is 0.289. The molecule has 1 aliphatic rings. The predicted molar refractivity (Wildman–Crippen MR) is 110 cm³/mol. The summed E-state index contributed by atoms with van der Waals surface area (Å²) in [6.45, 7) is 0. The number of halogens is 2. The van der Waals surface area contributed by atoms with Crippen LogP contribution in [0, 0.1) is 10.1 Å². The van der Waals surface area contributed by atoms with E-state index >= 15 is 0 Å². The molecular formula is C16H8BrClN2O4S2. The van der Waals surface area contributed by atoms with Crippen LogP contribution in [0.15, 0.2) is 45.8 Å². The normalized spacial score (nSPS) is 15.8. The average molecular weight is 472 g/mol. The number of phenols is 1. The van der Waals surface area contributed by atoms with Gasteiger partial charge in [-0.2, -0.15) is 0 Å². The molecule has 0 spiro atoms. The zero-order valence-corrected chi connectivity index (χ0v) is 16.7. The van der Waals surface area contributed by atoms with Crippen molar-refractivity contribution in [2.24, 2.45) is 0 Å². The second-order valence-corrected chi connectivity index (χ2v) is 8.08. The van der Waals surface area contributed by atoms with Crippen LogP contribution in [0.25, 0.3) is 6.08 Å². The molecule has 2 aromatic carbocycles. The van der Waals surface area contributed by atoms with E-state index in [9.17, 15) is 20.0 Å². The number of anilines is 1. The highest BCUT2D eigenvalue weighted by Gasteiger charge is 2.33. The van der Waals surface area contributed by atoms with Crippen LogP contribution in [0.2, 0.25) is 5.02 Å². The Morgan fingerprint density at radius 2 is 1.96 bits per heavy atom. The Morgan fingerprint density at radius 3 is 2.58 bits per heavy atom. The minimum atomic E-state index is -0.520. The van der Waals surface area contributed by atoms with Crippen LogP contribution in [0.4, 0.5) is 11.4 Å². The number of nitrogens with zero attached hydrogens (tertiary/aromatic N) is 2. The monoisotopic (exact) mass is 470 g/mol. The molecule has 1 amide bonds. The van der Waals surface area contributed by atoms with Gasteiger partial charge in [0.2, 0.25) is 0 Å². The van der Waals surface area contributed by atoms with E-state index in [1.54, 1.807) is 0 Å². The molecule has 0 bridgehead atoms. The number of amides is 1. The molecule has 0 aromatic heterocycles. The molecule has 10 heteroatoms. The summed E-state index contributed by atoms with van der Waals surface area (Å²) in [5, 5.41) is 21.3. The molecule has 1 aliphatic heterocycles. The Labute approximate surface area is 170 Å². The molecule has 26 heavy (non-hydrogen) atoms. The molecule has 0 atom stereocenters. The van der Waals surface area contributed by atoms with E-state index in [1.165, 1.54) is 47.4 Å². The van der Waals surface area contributed by atoms with Gasteiger partial charge in [0.25, 0.3) is 11.6 Å². The summed E-state index contributed by atoms with van der Waals surface area (Å²) in [6, 6.07) is 8.59. The van der Waals surface area contributed by atoms with Gasteiger partial charge >= 0.3 is 0 Å². The molecular weight excluding hydrogens is 464 g/mol. The summed E-state index contributed by atoms with van der Waals surface area (Å²) >= 11 is 15.5. The molecule has 2 aromatic rings. The first-order valence-corrected chi connectivity index (χ1v) is 9.38. The van der Waals surface area contributed by atoms with Crippen molar-refractivity contribution in [3.8, 4) is 5.75 Å². The number of benzene rings is 2. The van der Waals surface area contributed by atoms with Crippen LogP contribution in [-0.4, -0.2) is 20.3 Å². The van der Waals surface area contributed by atoms with Gasteiger partial charge in [-0.3, -0.25) is 19.8 Å². The number of hydrogen-bond donors (Lipinski definition) is 1. The maximum Gasteiger partial charge on any atom is 0.270 e. The lowest BCUT2D eigenvalue weighted by atomic mass is 10.2. The molecule has 1 heterocycles. The molecule has 1 saturated heterocycles. The fraction of sp³-hybridized carbons (Fsp3) is 0. The molecule has 3 rings (SSSR count). The third kappa shape index (κ3) is 3.61. The van der Waals surface area contributed by atoms with Gasteiger partial charge in [-0.05, 0) is 46.3 Å². The number of carbonyl (C=O) groups is 1. The Kier molecular flexibility index (Phi) is 5.33. The Bertz CT molecular complexity index is 979. The summed E-state index contributed by atoms with van der Waals surface area (Å²) in [6.07, 6.45) is 1.50. The summed E-state index contributed by atoms with van der Waals surface area (Å²) in [4.78, 5) is 24.5. The number of thioether (sulfide) groups is 1. The van der Waals surface area contributed by atoms with E-state index < -0.39 is 4.92 Å². The molecule has 0 aliphatic carbocycles. The lowest BCUT2D eigenvalue weighted by Crippen LogP contribution is -2.27.